The van der Waals surface area contributed by atoms with Crippen molar-refractivity contribution in [3.05, 3.63) is 0 Å². The van der Waals surface area contributed by atoms with Crippen molar-refractivity contribution >= 4 is 0 Å². The summed E-state index contributed by atoms with van der Waals surface area (Å²) >= 11 is 0. The molecule has 2 rings (SSSR count). The fraction of sp³-hybridized carbons (Fsp3) is 1.00. The van der Waals surface area contributed by atoms with Gasteiger partial charge in [-0.3, -0.25) is 0 Å². The Bertz CT molecular complexity index is 110. The summed E-state index contributed by atoms with van der Waals surface area (Å²) in [7, 11) is 0. The van der Waals surface area contributed by atoms with E-state index >= 15 is 0 Å². The van der Waals surface area contributed by atoms with E-state index in [2.05, 4.69) is 6.92 Å². The minimum Gasteiger partial charge on any atom is -0.328 e. The lowest BCUT2D eigenvalue weighted by Crippen LogP contribution is -2.37. The van der Waals surface area contributed by atoms with Crippen molar-refractivity contribution in [1.29, 1.82) is 0 Å². The van der Waals surface area contributed by atoms with E-state index in [1.165, 1.54) is 32.1 Å². The molecule has 2 saturated carbocycles. The van der Waals surface area contributed by atoms with Crippen LogP contribution in [0.4, 0.5) is 0 Å². The first kappa shape index (κ1) is 7.60. The summed E-state index contributed by atoms with van der Waals surface area (Å²) in [4.78, 5) is 0. The lowest BCUT2D eigenvalue weighted by molar-refractivity contribution is 0.131. The smallest absolute Gasteiger partial charge is 0.00441 e. The standard InChI is InChI=1S/C10H19N/c1-7-2-8-4-9(3-7)6-10(11)5-8/h7-10H,2-6,11H2,1H3/t7-,8-,9?,10-/m1/s1. The molecular weight excluding hydrogens is 134 g/mol. The molecule has 0 aromatic heterocycles. The highest BCUT2D eigenvalue weighted by atomic mass is 14.7. The quantitative estimate of drug-likeness (QED) is 0.567. The van der Waals surface area contributed by atoms with E-state index in [1.54, 1.807) is 0 Å². The van der Waals surface area contributed by atoms with Gasteiger partial charge >= 0.3 is 0 Å². The predicted octanol–water partition coefficient (Wildman–Crippen LogP) is 2.16. The van der Waals surface area contributed by atoms with Crippen molar-refractivity contribution in [2.45, 2.75) is 45.1 Å². The number of fused-ring (bicyclic) bond motifs is 2. The summed E-state index contributed by atoms with van der Waals surface area (Å²) in [6.07, 6.45) is 6.99. The van der Waals surface area contributed by atoms with Gasteiger partial charge in [0.15, 0.2) is 0 Å². The molecule has 2 aliphatic rings. The van der Waals surface area contributed by atoms with E-state index in [4.69, 9.17) is 5.73 Å². The minimum absolute atomic E-state index is 0.534. The van der Waals surface area contributed by atoms with Gasteiger partial charge in [-0.25, -0.2) is 0 Å². The molecule has 4 atom stereocenters. The first-order valence-corrected chi connectivity index (χ1v) is 4.99. The topological polar surface area (TPSA) is 26.0 Å². The van der Waals surface area contributed by atoms with Gasteiger partial charge in [0.25, 0.3) is 0 Å². The normalized spacial score (nSPS) is 50.7. The van der Waals surface area contributed by atoms with E-state index in [-0.39, 0.29) is 0 Å². The second-order valence-electron chi connectivity index (χ2n) is 4.78. The zero-order valence-corrected chi connectivity index (χ0v) is 7.42. The maximum atomic E-state index is 5.97. The van der Waals surface area contributed by atoms with E-state index in [1.807, 2.05) is 0 Å². The van der Waals surface area contributed by atoms with Gasteiger partial charge in [-0.1, -0.05) is 6.92 Å². The van der Waals surface area contributed by atoms with Crippen LogP contribution in [0.15, 0.2) is 0 Å². The molecule has 11 heavy (non-hydrogen) atoms. The molecule has 0 aromatic carbocycles. The Morgan fingerprint density at radius 2 is 1.45 bits per heavy atom. The second kappa shape index (κ2) is 2.78. The third-order valence-electron chi connectivity index (χ3n) is 3.41. The van der Waals surface area contributed by atoms with Gasteiger partial charge in [-0.2, -0.15) is 0 Å². The SMILES string of the molecule is C[C@H]1CC2C[C@H](N)C[C@@H](C2)C1. The highest BCUT2D eigenvalue weighted by Gasteiger charge is 2.32. The Morgan fingerprint density at radius 3 is 2.00 bits per heavy atom. The maximum Gasteiger partial charge on any atom is 0.00441 e. The number of hydrogen-bond donors (Lipinski definition) is 1. The molecule has 0 aromatic rings. The zero-order chi connectivity index (χ0) is 7.84. The molecule has 0 amide bonds. The average Bonchev–Trinajstić information content (AvgIpc) is 1.82. The minimum atomic E-state index is 0.534. The Balaban J connectivity index is 2.00. The molecule has 2 N–H and O–H groups in total. The average molecular weight is 153 g/mol. The van der Waals surface area contributed by atoms with E-state index < -0.39 is 0 Å². The molecule has 2 aliphatic carbocycles. The molecule has 0 aliphatic heterocycles. The van der Waals surface area contributed by atoms with Crippen LogP contribution in [0.2, 0.25) is 0 Å². The summed E-state index contributed by atoms with van der Waals surface area (Å²) < 4.78 is 0. The molecule has 0 spiro atoms. The second-order valence-corrected chi connectivity index (χ2v) is 4.78. The molecule has 0 heterocycles. The molecule has 1 heteroatoms. The monoisotopic (exact) mass is 153 g/mol. The third-order valence-corrected chi connectivity index (χ3v) is 3.41. The van der Waals surface area contributed by atoms with E-state index in [9.17, 15) is 0 Å². The fourth-order valence-corrected chi connectivity index (χ4v) is 3.24. The van der Waals surface area contributed by atoms with Gasteiger partial charge in [0, 0.05) is 6.04 Å². The largest absolute Gasteiger partial charge is 0.328 e. The van der Waals surface area contributed by atoms with Gasteiger partial charge in [-0.05, 0) is 49.9 Å². The van der Waals surface area contributed by atoms with Crippen molar-refractivity contribution in [3.63, 3.8) is 0 Å². The van der Waals surface area contributed by atoms with Gasteiger partial charge in [0.2, 0.25) is 0 Å². The van der Waals surface area contributed by atoms with Crippen molar-refractivity contribution < 1.29 is 0 Å². The highest BCUT2D eigenvalue weighted by molar-refractivity contribution is 4.86. The molecule has 2 bridgehead atoms. The molecular formula is C10H19N. The van der Waals surface area contributed by atoms with Crippen LogP contribution in [0.25, 0.3) is 0 Å². The van der Waals surface area contributed by atoms with Crippen LogP contribution in [-0.4, -0.2) is 6.04 Å². The van der Waals surface area contributed by atoms with Crippen LogP contribution in [-0.2, 0) is 0 Å². The summed E-state index contributed by atoms with van der Waals surface area (Å²) in [5.74, 6) is 2.94. The van der Waals surface area contributed by atoms with Crippen LogP contribution in [0.3, 0.4) is 0 Å². The van der Waals surface area contributed by atoms with Crippen LogP contribution in [0.5, 0.6) is 0 Å². The predicted molar refractivity (Wildman–Crippen MR) is 47.2 cm³/mol. The number of nitrogens with two attached hydrogens (primary N) is 1. The van der Waals surface area contributed by atoms with Crippen LogP contribution < -0.4 is 5.73 Å². The van der Waals surface area contributed by atoms with Crippen LogP contribution in [0, 0.1) is 17.8 Å². The van der Waals surface area contributed by atoms with Crippen LogP contribution >= 0.6 is 0 Å². The van der Waals surface area contributed by atoms with Crippen molar-refractivity contribution in [2.24, 2.45) is 23.5 Å². The van der Waals surface area contributed by atoms with Gasteiger partial charge in [0.05, 0.1) is 0 Å². The molecule has 1 nitrogen and oxygen atoms in total. The first-order valence-electron chi connectivity index (χ1n) is 4.99. The Kier molecular flexibility index (Phi) is 1.92. The molecule has 0 saturated heterocycles. The lowest BCUT2D eigenvalue weighted by atomic mass is 9.67. The summed E-state index contributed by atoms with van der Waals surface area (Å²) in [5, 5.41) is 0. The number of hydrogen-bond acceptors (Lipinski definition) is 1. The van der Waals surface area contributed by atoms with E-state index in [0.717, 1.165) is 17.8 Å². The summed E-state index contributed by atoms with van der Waals surface area (Å²) in [5.41, 5.74) is 5.97. The summed E-state index contributed by atoms with van der Waals surface area (Å²) in [6.45, 7) is 2.40. The molecule has 1 unspecified atom stereocenters. The van der Waals surface area contributed by atoms with Gasteiger partial charge in [0.1, 0.15) is 0 Å². The first-order chi connectivity index (χ1) is 5.24. The summed E-state index contributed by atoms with van der Waals surface area (Å²) in [6, 6.07) is 0.534. The Morgan fingerprint density at radius 1 is 0.909 bits per heavy atom. The van der Waals surface area contributed by atoms with Crippen molar-refractivity contribution in [1.82, 2.24) is 0 Å². The van der Waals surface area contributed by atoms with Crippen molar-refractivity contribution in [3.8, 4) is 0 Å². The Labute approximate surface area is 69.4 Å². The van der Waals surface area contributed by atoms with Gasteiger partial charge < -0.3 is 5.73 Å². The Hall–Kier alpha value is -0.0400. The molecule has 0 radical (unpaired) electrons. The van der Waals surface area contributed by atoms with Gasteiger partial charge in [-0.15, -0.1) is 0 Å². The maximum absolute atomic E-state index is 5.97. The highest BCUT2D eigenvalue weighted by Crippen LogP contribution is 2.41. The fourth-order valence-electron chi connectivity index (χ4n) is 3.24. The molecule has 64 valence electrons. The van der Waals surface area contributed by atoms with E-state index in [0.29, 0.717) is 6.04 Å². The zero-order valence-electron chi connectivity index (χ0n) is 7.42. The molecule has 2 fully saturated rings. The number of rotatable bonds is 0. The lowest BCUT2D eigenvalue weighted by Gasteiger charge is -2.40. The third kappa shape index (κ3) is 1.58. The van der Waals surface area contributed by atoms with Crippen LogP contribution in [0.1, 0.15) is 39.0 Å². The van der Waals surface area contributed by atoms with Crippen molar-refractivity contribution in [2.75, 3.05) is 0 Å².